The third kappa shape index (κ3) is 3.64. The number of hydrogen-bond acceptors (Lipinski definition) is 6. The maximum atomic E-state index is 12.2. The van der Waals surface area contributed by atoms with Gasteiger partial charge in [0, 0.05) is 6.54 Å². The zero-order valence-electron chi connectivity index (χ0n) is 14.1. The molecule has 2 aromatic heterocycles. The average Bonchev–Trinajstić information content (AvgIpc) is 3.32. The number of nitrogens with zero attached hydrogens (tertiary/aromatic N) is 4. The van der Waals surface area contributed by atoms with Crippen LogP contribution in [0.25, 0.3) is 0 Å². The molecule has 0 aromatic carbocycles. The summed E-state index contributed by atoms with van der Waals surface area (Å²) < 4.78 is 7.38. The molecule has 1 amide bonds. The lowest BCUT2D eigenvalue weighted by Gasteiger charge is -2.23. The maximum absolute atomic E-state index is 12.2. The number of nitrogens with one attached hydrogen (secondary N) is 1. The summed E-state index contributed by atoms with van der Waals surface area (Å²) >= 11 is 1.60. The summed E-state index contributed by atoms with van der Waals surface area (Å²) in [4.78, 5) is 14.4. The highest BCUT2D eigenvalue weighted by Crippen LogP contribution is 2.31. The summed E-state index contributed by atoms with van der Waals surface area (Å²) in [5.74, 6) is 1.74. The fourth-order valence-corrected chi connectivity index (χ4v) is 3.71. The van der Waals surface area contributed by atoms with Crippen molar-refractivity contribution >= 4 is 17.7 Å². The molecule has 1 fully saturated rings. The Kier molecular flexibility index (Phi) is 5.57. The molecule has 1 aliphatic heterocycles. The summed E-state index contributed by atoms with van der Waals surface area (Å²) in [6.07, 6.45) is 5.70. The van der Waals surface area contributed by atoms with Gasteiger partial charge in [0.15, 0.2) is 11.0 Å². The Balaban J connectivity index is 1.63. The van der Waals surface area contributed by atoms with Gasteiger partial charge in [-0.2, -0.15) is 0 Å². The molecule has 0 aliphatic carbocycles. The molecule has 1 N–H and O–H groups in total. The first-order valence-electron chi connectivity index (χ1n) is 8.23. The largest absolute Gasteiger partial charge is 0.467 e. The monoisotopic (exact) mass is 349 g/mol. The number of furan rings is 1. The van der Waals surface area contributed by atoms with Gasteiger partial charge in [-0.05, 0) is 44.7 Å². The van der Waals surface area contributed by atoms with Crippen molar-refractivity contribution in [2.24, 2.45) is 0 Å². The molecule has 1 saturated heterocycles. The van der Waals surface area contributed by atoms with Gasteiger partial charge < -0.3 is 14.3 Å². The summed E-state index contributed by atoms with van der Waals surface area (Å²) in [6, 6.07) is 3.83. The van der Waals surface area contributed by atoms with E-state index in [-0.39, 0.29) is 11.9 Å². The molecule has 8 heteroatoms. The van der Waals surface area contributed by atoms with E-state index in [2.05, 4.69) is 31.9 Å². The molecule has 1 aliphatic rings. The Morgan fingerprint density at radius 1 is 1.50 bits per heavy atom. The van der Waals surface area contributed by atoms with Gasteiger partial charge in [0.25, 0.3) is 0 Å². The smallest absolute Gasteiger partial charge is 0.234 e. The SMILES string of the molecule is CCn1c(SC)nnc1[C@H]1CCCN1CC(=O)NCc1ccco1. The van der Waals surface area contributed by atoms with Crippen LogP contribution in [0.2, 0.25) is 0 Å². The predicted octanol–water partition coefficient (Wildman–Crippen LogP) is 2.07. The zero-order chi connectivity index (χ0) is 16.9. The minimum Gasteiger partial charge on any atom is -0.467 e. The second-order valence-electron chi connectivity index (χ2n) is 5.77. The number of carbonyl (C=O) groups excluding carboxylic acids is 1. The van der Waals surface area contributed by atoms with Crippen LogP contribution in [0, 0.1) is 0 Å². The van der Waals surface area contributed by atoms with Crippen LogP contribution in [-0.4, -0.2) is 44.9 Å². The number of carbonyl (C=O) groups is 1. The molecule has 0 saturated carbocycles. The van der Waals surface area contributed by atoms with Gasteiger partial charge in [0.1, 0.15) is 5.76 Å². The van der Waals surface area contributed by atoms with Gasteiger partial charge in [-0.1, -0.05) is 11.8 Å². The molecule has 3 heterocycles. The van der Waals surface area contributed by atoms with Crippen LogP contribution < -0.4 is 5.32 Å². The molecular formula is C16H23N5O2S. The average molecular weight is 349 g/mol. The minimum absolute atomic E-state index is 0.00551. The Morgan fingerprint density at radius 3 is 3.08 bits per heavy atom. The molecule has 0 spiro atoms. The normalized spacial score (nSPS) is 18.2. The molecule has 0 radical (unpaired) electrons. The van der Waals surface area contributed by atoms with E-state index in [0.29, 0.717) is 13.1 Å². The van der Waals surface area contributed by atoms with E-state index in [0.717, 1.165) is 42.7 Å². The quantitative estimate of drug-likeness (QED) is 0.771. The lowest BCUT2D eigenvalue weighted by molar-refractivity contribution is -0.122. The van der Waals surface area contributed by atoms with Crippen molar-refractivity contribution in [1.29, 1.82) is 0 Å². The summed E-state index contributed by atoms with van der Waals surface area (Å²) in [5.41, 5.74) is 0. The van der Waals surface area contributed by atoms with Crippen molar-refractivity contribution in [3.05, 3.63) is 30.0 Å². The van der Waals surface area contributed by atoms with Crippen molar-refractivity contribution in [2.45, 2.75) is 44.1 Å². The number of likely N-dealkylation sites (tertiary alicyclic amines) is 1. The molecule has 0 bridgehead atoms. The number of thioether (sulfide) groups is 1. The van der Waals surface area contributed by atoms with Crippen LogP contribution in [0.1, 0.15) is 37.4 Å². The van der Waals surface area contributed by atoms with Gasteiger partial charge in [-0.15, -0.1) is 10.2 Å². The van der Waals surface area contributed by atoms with E-state index in [1.165, 1.54) is 0 Å². The van der Waals surface area contributed by atoms with Crippen molar-refractivity contribution in [1.82, 2.24) is 25.0 Å². The van der Waals surface area contributed by atoms with Gasteiger partial charge in [0.2, 0.25) is 5.91 Å². The van der Waals surface area contributed by atoms with Crippen LogP contribution >= 0.6 is 11.8 Å². The minimum atomic E-state index is 0.00551. The highest BCUT2D eigenvalue weighted by molar-refractivity contribution is 7.98. The molecule has 3 rings (SSSR count). The van der Waals surface area contributed by atoms with Gasteiger partial charge in [-0.3, -0.25) is 9.69 Å². The lowest BCUT2D eigenvalue weighted by atomic mass is 10.2. The number of rotatable bonds is 7. The summed E-state index contributed by atoms with van der Waals surface area (Å²) in [6.45, 7) is 4.64. The van der Waals surface area contributed by atoms with Crippen molar-refractivity contribution in [3.8, 4) is 0 Å². The molecule has 24 heavy (non-hydrogen) atoms. The van der Waals surface area contributed by atoms with Crippen molar-refractivity contribution < 1.29 is 9.21 Å². The highest BCUT2D eigenvalue weighted by Gasteiger charge is 2.31. The molecule has 0 unspecified atom stereocenters. The van der Waals surface area contributed by atoms with E-state index in [1.54, 1.807) is 18.0 Å². The van der Waals surface area contributed by atoms with E-state index in [1.807, 2.05) is 18.4 Å². The topological polar surface area (TPSA) is 76.2 Å². The number of amides is 1. The zero-order valence-corrected chi connectivity index (χ0v) is 14.9. The Morgan fingerprint density at radius 2 is 2.38 bits per heavy atom. The van der Waals surface area contributed by atoms with Crippen LogP contribution in [0.15, 0.2) is 28.0 Å². The van der Waals surface area contributed by atoms with E-state index in [9.17, 15) is 4.79 Å². The number of aromatic nitrogens is 3. The molecule has 130 valence electrons. The molecule has 2 aromatic rings. The van der Waals surface area contributed by atoms with Gasteiger partial charge in [-0.25, -0.2) is 0 Å². The predicted molar refractivity (Wildman–Crippen MR) is 91.6 cm³/mol. The van der Waals surface area contributed by atoms with Crippen LogP contribution in [0.3, 0.4) is 0 Å². The standard InChI is InChI=1S/C16H23N5O2S/c1-3-21-15(18-19-16(21)24-2)13-7-4-8-20(13)11-14(22)17-10-12-6-5-9-23-12/h5-6,9,13H,3-4,7-8,10-11H2,1-2H3,(H,17,22)/t13-/m1/s1. The lowest BCUT2D eigenvalue weighted by Crippen LogP contribution is -2.37. The molecule has 1 atom stereocenters. The summed E-state index contributed by atoms with van der Waals surface area (Å²) in [5, 5.41) is 12.5. The highest BCUT2D eigenvalue weighted by atomic mass is 32.2. The van der Waals surface area contributed by atoms with Gasteiger partial charge >= 0.3 is 0 Å². The van der Waals surface area contributed by atoms with E-state index < -0.39 is 0 Å². The Labute approximate surface area is 145 Å². The summed E-state index contributed by atoms with van der Waals surface area (Å²) in [7, 11) is 0. The first-order valence-corrected chi connectivity index (χ1v) is 9.45. The Hall–Kier alpha value is -1.80. The third-order valence-electron chi connectivity index (χ3n) is 4.29. The number of hydrogen-bond donors (Lipinski definition) is 1. The van der Waals surface area contributed by atoms with Crippen molar-refractivity contribution in [2.75, 3.05) is 19.3 Å². The second-order valence-corrected chi connectivity index (χ2v) is 6.55. The second kappa shape index (κ2) is 7.85. The van der Waals surface area contributed by atoms with Crippen LogP contribution in [-0.2, 0) is 17.9 Å². The molecule has 7 nitrogen and oxygen atoms in total. The van der Waals surface area contributed by atoms with Crippen LogP contribution in [0.5, 0.6) is 0 Å². The third-order valence-corrected chi connectivity index (χ3v) is 4.96. The van der Waals surface area contributed by atoms with Gasteiger partial charge in [0.05, 0.1) is 25.4 Å². The first kappa shape index (κ1) is 17.0. The van der Waals surface area contributed by atoms with Crippen LogP contribution in [0.4, 0.5) is 0 Å². The fourth-order valence-electron chi connectivity index (χ4n) is 3.14. The van der Waals surface area contributed by atoms with E-state index >= 15 is 0 Å². The Bertz CT molecular complexity index is 670. The molecular weight excluding hydrogens is 326 g/mol. The maximum Gasteiger partial charge on any atom is 0.234 e. The fraction of sp³-hybridized carbons (Fsp3) is 0.562. The van der Waals surface area contributed by atoms with E-state index in [4.69, 9.17) is 4.42 Å². The first-order chi connectivity index (χ1) is 11.7. The van der Waals surface area contributed by atoms with Crippen molar-refractivity contribution in [3.63, 3.8) is 0 Å².